The maximum Gasteiger partial charge on any atom is 0.408 e. The van der Waals surface area contributed by atoms with Gasteiger partial charge in [0.25, 0.3) is 0 Å². The van der Waals surface area contributed by atoms with E-state index in [9.17, 15) is 13.2 Å². The Labute approximate surface area is 130 Å². The normalized spacial score (nSPS) is 11.7. The van der Waals surface area contributed by atoms with Crippen molar-refractivity contribution in [3.63, 3.8) is 0 Å². The molecule has 0 aliphatic heterocycles. The fourth-order valence-electron chi connectivity index (χ4n) is 2.18. The van der Waals surface area contributed by atoms with E-state index in [2.05, 4.69) is 15.2 Å². The summed E-state index contributed by atoms with van der Waals surface area (Å²) in [5, 5.41) is 8.78. The van der Waals surface area contributed by atoms with Crippen molar-refractivity contribution in [2.45, 2.75) is 19.6 Å². The summed E-state index contributed by atoms with van der Waals surface area (Å²) in [4.78, 5) is 4.44. The molecule has 0 saturated carbocycles. The second kappa shape index (κ2) is 5.60. The second-order valence-electron chi connectivity index (χ2n) is 4.87. The minimum atomic E-state index is -4.29. The number of aromatic nitrogens is 5. The molecule has 0 aliphatic rings. The quantitative estimate of drug-likeness (QED) is 0.725. The van der Waals surface area contributed by atoms with Gasteiger partial charge in [0.2, 0.25) is 0 Å². The van der Waals surface area contributed by atoms with E-state index in [1.807, 2.05) is 13.0 Å². The standard InChI is InChI=1S/C13H12F3N5.ClH/c1-8-3-11(19-12-10(8)5-17-20(12)2)9-4-18-21(6-9)7-13(14,15)16;/h3-6H,7H2,1-2H3;1H. The summed E-state index contributed by atoms with van der Waals surface area (Å²) in [6.45, 7) is 0.801. The molecule has 0 aromatic carbocycles. The van der Waals surface area contributed by atoms with Crippen LogP contribution in [0.15, 0.2) is 24.7 Å². The first-order valence-corrected chi connectivity index (χ1v) is 6.22. The summed E-state index contributed by atoms with van der Waals surface area (Å²) >= 11 is 0. The van der Waals surface area contributed by atoms with Gasteiger partial charge >= 0.3 is 6.18 Å². The largest absolute Gasteiger partial charge is 0.408 e. The summed E-state index contributed by atoms with van der Waals surface area (Å²) in [6.07, 6.45) is 0.153. The van der Waals surface area contributed by atoms with Crippen LogP contribution in [0.1, 0.15) is 5.56 Å². The van der Waals surface area contributed by atoms with Crippen molar-refractivity contribution in [1.82, 2.24) is 24.5 Å². The molecule has 0 atom stereocenters. The Hall–Kier alpha value is -2.09. The zero-order chi connectivity index (χ0) is 15.2. The van der Waals surface area contributed by atoms with Crippen LogP contribution in [0.3, 0.4) is 0 Å². The molecule has 3 aromatic rings. The highest BCUT2D eigenvalue weighted by atomic mass is 35.5. The summed E-state index contributed by atoms with van der Waals surface area (Å²) in [5.41, 5.74) is 2.78. The van der Waals surface area contributed by atoms with Gasteiger partial charge in [-0.1, -0.05) is 0 Å². The highest BCUT2D eigenvalue weighted by molar-refractivity contribution is 5.85. The molecule has 0 fully saturated rings. The van der Waals surface area contributed by atoms with Crippen LogP contribution in [-0.2, 0) is 13.6 Å². The van der Waals surface area contributed by atoms with E-state index in [-0.39, 0.29) is 12.4 Å². The Balaban J connectivity index is 0.00000176. The van der Waals surface area contributed by atoms with Gasteiger partial charge < -0.3 is 0 Å². The average molecular weight is 332 g/mol. The molecule has 3 rings (SSSR count). The molecule has 0 spiro atoms. The highest BCUT2D eigenvalue weighted by Gasteiger charge is 2.28. The van der Waals surface area contributed by atoms with Gasteiger partial charge in [0, 0.05) is 24.2 Å². The van der Waals surface area contributed by atoms with Gasteiger partial charge in [-0.3, -0.25) is 9.36 Å². The number of aryl methyl sites for hydroxylation is 2. The van der Waals surface area contributed by atoms with Crippen molar-refractivity contribution in [3.8, 4) is 11.3 Å². The zero-order valence-corrected chi connectivity index (χ0v) is 12.6. The summed E-state index contributed by atoms with van der Waals surface area (Å²) in [5.74, 6) is 0. The van der Waals surface area contributed by atoms with E-state index in [1.165, 1.54) is 12.4 Å². The summed E-state index contributed by atoms with van der Waals surface area (Å²) in [7, 11) is 1.77. The summed E-state index contributed by atoms with van der Waals surface area (Å²) in [6, 6.07) is 1.82. The van der Waals surface area contributed by atoms with E-state index in [0.717, 1.165) is 15.6 Å². The van der Waals surface area contributed by atoms with E-state index in [0.29, 0.717) is 16.9 Å². The molecule has 0 bridgehead atoms. The zero-order valence-electron chi connectivity index (χ0n) is 11.8. The van der Waals surface area contributed by atoms with Gasteiger partial charge in [-0.2, -0.15) is 23.4 Å². The molecule has 0 amide bonds. The van der Waals surface area contributed by atoms with Crippen molar-refractivity contribution in [2.75, 3.05) is 0 Å². The number of halogens is 4. The van der Waals surface area contributed by atoms with Crippen LogP contribution in [-0.4, -0.2) is 30.7 Å². The lowest BCUT2D eigenvalue weighted by atomic mass is 10.1. The van der Waals surface area contributed by atoms with Gasteiger partial charge in [0.1, 0.15) is 6.54 Å². The predicted molar refractivity (Wildman–Crippen MR) is 77.8 cm³/mol. The lowest BCUT2D eigenvalue weighted by Gasteiger charge is -2.05. The fraction of sp³-hybridized carbons (Fsp3) is 0.308. The van der Waals surface area contributed by atoms with E-state index < -0.39 is 12.7 Å². The molecule has 9 heteroatoms. The molecular formula is C13H13ClF3N5. The smallest absolute Gasteiger partial charge is 0.263 e. The first kappa shape index (κ1) is 16.3. The second-order valence-corrected chi connectivity index (χ2v) is 4.87. The SMILES string of the molecule is Cc1cc(-c2cnn(CC(F)(F)F)c2)nc2c1cnn2C.Cl. The Morgan fingerprint density at radius 2 is 1.91 bits per heavy atom. The van der Waals surface area contributed by atoms with Crippen LogP contribution in [0, 0.1) is 6.92 Å². The molecule has 0 radical (unpaired) electrons. The van der Waals surface area contributed by atoms with Crippen molar-refractivity contribution in [3.05, 3.63) is 30.2 Å². The number of hydrogen-bond acceptors (Lipinski definition) is 3. The van der Waals surface area contributed by atoms with Crippen molar-refractivity contribution >= 4 is 23.4 Å². The third-order valence-electron chi connectivity index (χ3n) is 3.18. The molecule has 0 aliphatic carbocycles. The van der Waals surface area contributed by atoms with Crippen molar-refractivity contribution in [1.29, 1.82) is 0 Å². The van der Waals surface area contributed by atoms with Gasteiger partial charge in [-0.05, 0) is 18.6 Å². The summed E-state index contributed by atoms with van der Waals surface area (Å²) < 4.78 is 39.5. The molecule has 22 heavy (non-hydrogen) atoms. The minimum absolute atomic E-state index is 0. The predicted octanol–water partition coefficient (Wildman–Crippen LogP) is 3.12. The molecular weight excluding hydrogens is 319 g/mol. The first-order valence-electron chi connectivity index (χ1n) is 6.22. The van der Waals surface area contributed by atoms with Crippen molar-refractivity contribution < 1.29 is 13.2 Å². The Kier molecular flexibility index (Phi) is 4.15. The Morgan fingerprint density at radius 3 is 2.59 bits per heavy atom. The average Bonchev–Trinajstić information content (AvgIpc) is 2.95. The van der Waals surface area contributed by atoms with Crippen molar-refractivity contribution in [2.24, 2.45) is 7.05 Å². The molecule has 118 valence electrons. The van der Waals surface area contributed by atoms with Gasteiger partial charge in [0.05, 0.1) is 18.1 Å². The van der Waals surface area contributed by atoms with Crippen LogP contribution in [0.4, 0.5) is 13.2 Å². The van der Waals surface area contributed by atoms with Gasteiger partial charge in [-0.25, -0.2) is 4.98 Å². The third kappa shape index (κ3) is 3.06. The topological polar surface area (TPSA) is 48.5 Å². The Morgan fingerprint density at radius 1 is 1.18 bits per heavy atom. The molecule has 5 nitrogen and oxygen atoms in total. The number of rotatable bonds is 2. The number of nitrogens with zero attached hydrogens (tertiary/aromatic N) is 5. The maximum atomic E-state index is 12.3. The number of hydrogen-bond donors (Lipinski definition) is 0. The van der Waals surface area contributed by atoms with E-state index in [4.69, 9.17) is 0 Å². The van der Waals surface area contributed by atoms with Crippen LogP contribution >= 0.6 is 12.4 Å². The minimum Gasteiger partial charge on any atom is -0.263 e. The fourth-order valence-corrected chi connectivity index (χ4v) is 2.18. The molecule has 0 N–H and O–H groups in total. The Bertz CT molecular complexity index is 806. The van der Waals surface area contributed by atoms with E-state index >= 15 is 0 Å². The monoisotopic (exact) mass is 331 g/mol. The van der Waals surface area contributed by atoms with Gasteiger partial charge in [-0.15, -0.1) is 12.4 Å². The number of fused-ring (bicyclic) bond motifs is 1. The van der Waals surface area contributed by atoms with Crippen LogP contribution in [0.25, 0.3) is 22.3 Å². The lowest BCUT2D eigenvalue weighted by Crippen LogP contribution is -2.17. The van der Waals surface area contributed by atoms with Crippen LogP contribution < -0.4 is 0 Å². The molecule has 3 heterocycles. The highest BCUT2D eigenvalue weighted by Crippen LogP contribution is 2.24. The molecule has 0 saturated heterocycles. The van der Waals surface area contributed by atoms with E-state index in [1.54, 1.807) is 17.9 Å². The lowest BCUT2D eigenvalue weighted by molar-refractivity contribution is -0.142. The maximum absolute atomic E-state index is 12.3. The first-order chi connectivity index (χ1) is 9.83. The molecule has 3 aromatic heterocycles. The van der Waals surface area contributed by atoms with Gasteiger partial charge in [0.15, 0.2) is 5.65 Å². The van der Waals surface area contributed by atoms with Crippen LogP contribution in [0.2, 0.25) is 0 Å². The number of alkyl halides is 3. The number of pyridine rings is 1. The molecule has 0 unspecified atom stereocenters. The van der Waals surface area contributed by atoms with Crippen LogP contribution in [0.5, 0.6) is 0 Å². The third-order valence-corrected chi connectivity index (χ3v) is 3.18.